The molecule has 0 spiro atoms. The largest absolute Gasteiger partial charge is 0.332 e. The van der Waals surface area contributed by atoms with Gasteiger partial charge < -0.3 is 4.90 Å². The molecule has 1 heterocycles. The fourth-order valence-electron chi connectivity index (χ4n) is 2.72. The number of carbonyl (C=O) groups excluding carboxylic acids is 2. The van der Waals surface area contributed by atoms with Gasteiger partial charge in [0.15, 0.2) is 5.78 Å². The molecule has 1 amide bonds. The lowest BCUT2D eigenvalue weighted by molar-refractivity contribution is 0.0888. The predicted molar refractivity (Wildman–Crippen MR) is 83.8 cm³/mol. The van der Waals surface area contributed by atoms with E-state index in [0.29, 0.717) is 24.6 Å². The minimum Gasteiger partial charge on any atom is -0.332 e. The molecular weight excluding hydrogens is 307 g/mol. The molecule has 0 saturated carbocycles. The molecular formula is C16H20ClFN2O2. The van der Waals surface area contributed by atoms with Crippen molar-refractivity contribution in [2.24, 2.45) is 5.92 Å². The number of halogens is 2. The topological polar surface area (TPSA) is 40.6 Å². The molecule has 2 rings (SSSR count). The molecule has 0 aromatic heterocycles. The third-order valence-electron chi connectivity index (χ3n) is 4.07. The van der Waals surface area contributed by atoms with E-state index >= 15 is 0 Å². The Morgan fingerprint density at radius 3 is 2.41 bits per heavy atom. The van der Waals surface area contributed by atoms with E-state index in [-0.39, 0.29) is 11.6 Å². The maximum absolute atomic E-state index is 12.9. The van der Waals surface area contributed by atoms with Gasteiger partial charge in [-0.1, -0.05) is 0 Å². The fourth-order valence-corrected chi connectivity index (χ4v) is 2.79. The van der Waals surface area contributed by atoms with E-state index in [2.05, 4.69) is 4.90 Å². The zero-order valence-electron chi connectivity index (χ0n) is 12.6. The molecule has 1 aliphatic rings. The van der Waals surface area contributed by atoms with E-state index in [1.807, 2.05) is 0 Å². The maximum Gasteiger partial charge on any atom is 0.316 e. The Morgan fingerprint density at radius 1 is 1.27 bits per heavy atom. The van der Waals surface area contributed by atoms with Crippen molar-refractivity contribution >= 4 is 22.8 Å². The second kappa shape index (κ2) is 7.70. The summed E-state index contributed by atoms with van der Waals surface area (Å²) in [5.74, 6) is 0.0895. The minimum absolute atomic E-state index is 0.00602. The average Bonchev–Trinajstić information content (AvgIpc) is 2.49. The number of hydrogen-bond acceptors (Lipinski definition) is 3. The lowest BCUT2D eigenvalue weighted by Crippen LogP contribution is -2.40. The third-order valence-corrected chi connectivity index (χ3v) is 4.36. The monoisotopic (exact) mass is 326 g/mol. The van der Waals surface area contributed by atoms with Crippen molar-refractivity contribution in [1.29, 1.82) is 0 Å². The maximum atomic E-state index is 12.9. The first-order valence-corrected chi connectivity index (χ1v) is 7.75. The van der Waals surface area contributed by atoms with Gasteiger partial charge in [-0.2, -0.15) is 0 Å². The molecule has 120 valence electrons. The summed E-state index contributed by atoms with van der Waals surface area (Å²) in [6, 6.07) is 5.65. The van der Waals surface area contributed by atoms with Gasteiger partial charge in [0.25, 0.3) is 0 Å². The van der Waals surface area contributed by atoms with Gasteiger partial charge in [0, 0.05) is 19.2 Å². The van der Waals surface area contributed by atoms with Crippen LogP contribution in [-0.4, -0.2) is 54.2 Å². The summed E-state index contributed by atoms with van der Waals surface area (Å²) in [4.78, 5) is 26.8. The molecule has 6 heteroatoms. The molecule has 0 bridgehead atoms. The van der Waals surface area contributed by atoms with Crippen LogP contribution in [0.25, 0.3) is 0 Å². The van der Waals surface area contributed by atoms with E-state index in [0.717, 1.165) is 25.9 Å². The second-order valence-corrected chi connectivity index (χ2v) is 6.11. The van der Waals surface area contributed by atoms with E-state index in [1.54, 1.807) is 7.05 Å². The smallest absolute Gasteiger partial charge is 0.316 e. The first-order chi connectivity index (χ1) is 10.5. The van der Waals surface area contributed by atoms with Gasteiger partial charge in [0.1, 0.15) is 5.82 Å². The summed E-state index contributed by atoms with van der Waals surface area (Å²) in [5, 5.41) is -0.436. The lowest BCUT2D eigenvalue weighted by atomic mass is 9.96. The van der Waals surface area contributed by atoms with Crippen LogP contribution in [-0.2, 0) is 0 Å². The molecule has 4 nitrogen and oxygen atoms in total. The van der Waals surface area contributed by atoms with Crippen molar-refractivity contribution < 1.29 is 14.0 Å². The molecule has 1 aromatic carbocycles. The van der Waals surface area contributed by atoms with Gasteiger partial charge in [0.2, 0.25) is 0 Å². The van der Waals surface area contributed by atoms with Crippen LogP contribution in [0, 0.1) is 11.7 Å². The van der Waals surface area contributed by atoms with Crippen LogP contribution in [0.4, 0.5) is 9.18 Å². The lowest BCUT2D eigenvalue weighted by Gasteiger charge is -2.33. The van der Waals surface area contributed by atoms with E-state index in [4.69, 9.17) is 11.6 Å². The van der Waals surface area contributed by atoms with Crippen LogP contribution < -0.4 is 0 Å². The molecule has 0 N–H and O–H groups in total. The molecule has 1 saturated heterocycles. The van der Waals surface area contributed by atoms with Gasteiger partial charge in [-0.15, -0.1) is 0 Å². The number of hydrogen-bond donors (Lipinski definition) is 0. The van der Waals surface area contributed by atoms with Crippen LogP contribution in [0.1, 0.15) is 23.2 Å². The normalized spacial score (nSPS) is 16.5. The molecule has 22 heavy (non-hydrogen) atoms. The van der Waals surface area contributed by atoms with Crippen LogP contribution in [0.5, 0.6) is 0 Å². The Balaban J connectivity index is 1.78. The number of amides is 1. The number of likely N-dealkylation sites (tertiary alicyclic amines) is 1. The number of carbonyl (C=O) groups is 2. The highest BCUT2D eigenvalue weighted by Crippen LogP contribution is 2.19. The quantitative estimate of drug-likeness (QED) is 0.474. The van der Waals surface area contributed by atoms with Crippen molar-refractivity contribution in [3.05, 3.63) is 35.6 Å². The molecule has 1 aliphatic heterocycles. The number of nitrogens with zero attached hydrogens (tertiary/aromatic N) is 2. The summed E-state index contributed by atoms with van der Waals surface area (Å²) in [6.07, 6.45) is 1.87. The number of benzene rings is 1. The van der Waals surface area contributed by atoms with Crippen molar-refractivity contribution in [1.82, 2.24) is 9.80 Å². The molecule has 0 radical (unpaired) electrons. The Kier molecular flexibility index (Phi) is 5.91. The summed E-state index contributed by atoms with van der Waals surface area (Å²) >= 11 is 5.43. The number of ketones is 1. The van der Waals surface area contributed by atoms with Crippen molar-refractivity contribution in [2.45, 2.75) is 12.8 Å². The number of Topliss-reactive ketones (excluding diaryl/α,β-unsaturated/α-hetero) is 1. The molecule has 1 aromatic rings. The third kappa shape index (κ3) is 4.78. The standard InChI is InChI=1S/C16H20ClFN2O2/c1-19(16(17)22)10-12-6-8-20(9-7-12)11-15(21)13-2-4-14(18)5-3-13/h2-5,12H,6-11H2,1H3. The van der Waals surface area contributed by atoms with Crippen LogP contribution in [0.2, 0.25) is 0 Å². The van der Waals surface area contributed by atoms with E-state index in [9.17, 15) is 14.0 Å². The summed E-state index contributed by atoms with van der Waals surface area (Å²) < 4.78 is 12.9. The average molecular weight is 327 g/mol. The zero-order valence-corrected chi connectivity index (χ0v) is 13.4. The van der Waals surface area contributed by atoms with Crippen LogP contribution in [0.15, 0.2) is 24.3 Å². The molecule has 0 unspecified atom stereocenters. The van der Waals surface area contributed by atoms with Crippen molar-refractivity contribution in [3.8, 4) is 0 Å². The van der Waals surface area contributed by atoms with Gasteiger partial charge >= 0.3 is 5.37 Å². The Bertz CT molecular complexity index is 527. The summed E-state index contributed by atoms with van der Waals surface area (Å²) in [7, 11) is 1.69. The summed E-state index contributed by atoms with van der Waals surface area (Å²) in [6.45, 7) is 2.65. The molecule has 0 aliphatic carbocycles. The van der Waals surface area contributed by atoms with E-state index < -0.39 is 5.37 Å². The highest BCUT2D eigenvalue weighted by molar-refractivity contribution is 6.62. The fraction of sp³-hybridized carbons (Fsp3) is 0.500. The highest BCUT2D eigenvalue weighted by atomic mass is 35.5. The van der Waals surface area contributed by atoms with Gasteiger partial charge in [-0.05, 0) is 67.7 Å². The first kappa shape index (κ1) is 16.9. The Hall–Kier alpha value is -1.46. The highest BCUT2D eigenvalue weighted by Gasteiger charge is 2.23. The van der Waals surface area contributed by atoms with Gasteiger partial charge in [-0.25, -0.2) is 4.39 Å². The minimum atomic E-state index is -0.436. The Morgan fingerprint density at radius 2 is 1.86 bits per heavy atom. The zero-order chi connectivity index (χ0) is 16.1. The Labute approximate surface area is 134 Å². The predicted octanol–water partition coefficient (Wildman–Crippen LogP) is 3.01. The van der Waals surface area contributed by atoms with E-state index in [1.165, 1.54) is 29.2 Å². The van der Waals surface area contributed by atoms with Crippen molar-refractivity contribution in [3.63, 3.8) is 0 Å². The van der Waals surface area contributed by atoms with Gasteiger partial charge in [0.05, 0.1) is 6.54 Å². The van der Waals surface area contributed by atoms with Gasteiger partial charge in [-0.3, -0.25) is 14.5 Å². The molecule has 1 fully saturated rings. The first-order valence-electron chi connectivity index (χ1n) is 7.37. The van der Waals surface area contributed by atoms with Crippen molar-refractivity contribution in [2.75, 3.05) is 33.2 Å². The van der Waals surface area contributed by atoms with Crippen LogP contribution >= 0.6 is 11.6 Å². The SMILES string of the molecule is CN(CC1CCN(CC(=O)c2ccc(F)cc2)CC1)C(=O)Cl. The molecule has 0 atom stereocenters. The summed E-state index contributed by atoms with van der Waals surface area (Å²) in [5.41, 5.74) is 0.538. The number of piperidine rings is 1. The second-order valence-electron chi connectivity index (χ2n) is 5.78. The number of rotatable bonds is 5. The van der Waals surface area contributed by atoms with Crippen LogP contribution in [0.3, 0.4) is 0 Å².